The number of hydrogen-bond donors (Lipinski definition) is 1. The lowest BCUT2D eigenvalue weighted by Gasteiger charge is -2.29. The molecule has 6 heteroatoms. The van der Waals surface area contributed by atoms with E-state index in [1.54, 1.807) is 11.2 Å². The van der Waals surface area contributed by atoms with Crippen LogP contribution in [0.15, 0.2) is 41.7 Å². The van der Waals surface area contributed by atoms with Crippen LogP contribution in [0.1, 0.15) is 21.8 Å². The van der Waals surface area contributed by atoms with Crippen LogP contribution in [0.5, 0.6) is 0 Å². The molecule has 0 saturated carbocycles. The summed E-state index contributed by atoms with van der Waals surface area (Å²) < 4.78 is 0. The first-order chi connectivity index (χ1) is 10.7. The molecule has 116 valence electrons. The van der Waals surface area contributed by atoms with Crippen molar-refractivity contribution in [2.24, 2.45) is 0 Å². The van der Waals surface area contributed by atoms with Gasteiger partial charge in [0.1, 0.15) is 0 Å². The van der Waals surface area contributed by atoms with Gasteiger partial charge in [-0.3, -0.25) is 9.69 Å². The Balaban J connectivity index is 1.56. The first-order valence-corrected chi connectivity index (χ1v) is 8.27. The fraction of sp³-hybridized carbons (Fsp3) is 0.375. The van der Waals surface area contributed by atoms with E-state index in [1.807, 2.05) is 30.8 Å². The van der Waals surface area contributed by atoms with Gasteiger partial charge < -0.3 is 9.88 Å². The van der Waals surface area contributed by atoms with Crippen LogP contribution in [-0.2, 0) is 6.54 Å². The number of carbonyl (C=O) groups is 1. The lowest BCUT2D eigenvalue weighted by atomic mass is 10.1. The Kier molecular flexibility index (Phi) is 4.70. The Morgan fingerprint density at radius 3 is 3.18 bits per heavy atom. The minimum absolute atomic E-state index is 0.0987. The van der Waals surface area contributed by atoms with Crippen LogP contribution in [0.4, 0.5) is 0 Å². The highest BCUT2D eigenvalue weighted by Gasteiger charge is 2.18. The maximum atomic E-state index is 12.3. The molecule has 2 aromatic rings. The van der Waals surface area contributed by atoms with Crippen LogP contribution in [0.3, 0.4) is 0 Å². The summed E-state index contributed by atoms with van der Waals surface area (Å²) in [6.45, 7) is 3.52. The van der Waals surface area contributed by atoms with Gasteiger partial charge in [-0.05, 0) is 23.4 Å². The molecule has 1 amide bonds. The second-order valence-electron chi connectivity index (χ2n) is 5.58. The first-order valence-electron chi connectivity index (χ1n) is 7.39. The van der Waals surface area contributed by atoms with E-state index in [1.165, 1.54) is 16.9 Å². The van der Waals surface area contributed by atoms with Crippen molar-refractivity contribution in [2.75, 3.05) is 26.7 Å². The molecular formula is C16H20N4OS. The third-order valence-electron chi connectivity index (χ3n) is 3.77. The second kappa shape index (κ2) is 6.89. The highest BCUT2D eigenvalue weighted by atomic mass is 32.1. The van der Waals surface area contributed by atoms with E-state index in [-0.39, 0.29) is 5.91 Å². The first kappa shape index (κ1) is 15.0. The number of thiophene rings is 1. The van der Waals surface area contributed by atoms with E-state index in [4.69, 9.17) is 0 Å². The van der Waals surface area contributed by atoms with E-state index >= 15 is 0 Å². The molecule has 1 aliphatic heterocycles. The zero-order chi connectivity index (χ0) is 15.4. The van der Waals surface area contributed by atoms with Crippen molar-refractivity contribution >= 4 is 17.2 Å². The number of nitrogens with one attached hydrogen (secondary N) is 1. The third kappa shape index (κ3) is 3.64. The maximum Gasteiger partial charge on any atom is 0.263 e. The van der Waals surface area contributed by atoms with Gasteiger partial charge in [0.15, 0.2) is 0 Å². The summed E-state index contributed by atoms with van der Waals surface area (Å²) in [4.78, 5) is 24.5. The zero-order valence-electron chi connectivity index (χ0n) is 12.7. The van der Waals surface area contributed by atoms with E-state index in [0.29, 0.717) is 6.54 Å². The van der Waals surface area contributed by atoms with Gasteiger partial charge in [-0.1, -0.05) is 12.1 Å². The SMILES string of the molecule is CN(CC1=CCCN(Cc2cnc[nH]2)C1)C(=O)c1cccs1. The molecule has 0 spiro atoms. The molecule has 0 aliphatic carbocycles. The maximum absolute atomic E-state index is 12.3. The molecule has 0 atom stereocenters. The Morgan fingerprint density at radius 2 is 2.45 bits per heavy atom. The molecule has 1 N–H and O–H groups in total. The van der Waals surface area contributed by atoms with Crippen molar-refractivity contribution in [1.82, 2.24) is 19.8 Å². The van der Waals surface area contributed by atoms with Gasteiger partial charge in [-0.2, -0.15) is 0 Å². The minimum Gasteiger partial charge on any atom is -0.347 e. The molecule has 0 bridgehead atoms. The molecule has 0 saturated heterocycles. The number of amides is 1. The Labute approximate surface area is 134 Å². The largest absolute Gasteiger partial charge is 0.347 e. The van der Waals surface area contributed by atoms with Crippen LogP contribution in [0, 0.1) is 0 Å². The Bertz CT molecular complexity index is 633. The molecule has 2 aromatic heterocycles. The molecule has 0 fully saturated rings. The molecule has 0 aromatic carbocycles. The fourth-order valence-electron chi connectivity index (χ4n) is 2.71. The number of imidazole rings is 1. The normalized spacial score (nSPS) is 15.6. The average Bonchev–Trinajstić information content (AvgIpc) is 3.20. The van der Waals surface area contributed by atoms with Gasteiger partial charge >= 0.3 is 0 Å². The summed E-state index contributed by atoms with van der Waals surface area (Å²) in [7, 11) is 1.87. The summed E-state index contributed by atoms with van der Waals surface area (Å²) in [6, 6.07) is 3.79. The summed E-state index contributed by atoms with van der Waals surface area (Å²) in [5, 5.41) is 1.94. The number of likely N-dealkylation sites (N-methyl/N-ethyl adjacent to an activating group) is 1. The fourth-order valence-corrected chi connectivity index (χ4v) is 3.43. The topological polar surface area (TPSA) is 52.2 Å². The standard InChI is InChI=1S/C16H20N4OS/c1-19(16(21)15-5-3-7-22-15)9-13-4-2-6-20(10-13)11-14-8-17-12-18-14/h3-5,7-8,12H,2,6,9-11H2,1H3,(H,17,18). The quantitative estimate of drug-likeness (QED) is 0.862. The lowest BCUT2D eigenvalue weighted by Crippen LogP contribution is -2.35. The number of aromatic amines is 1. The number of carbonyl (C=O) groups excluding carboxylic acids is 1. The number of hydrogen-bond acceptors (Lipinski definition) is 4. The highest BCUT2D eigenvalue weighted by molar-refractivity contribution is 7.12. The molecular weight excluding hydrogens is 296 g/mol. The number of nitrogens with zero attached hydrogens (tertiary/aromatic N) is 3. The average molecular weight is 316 g/mol. The van der Waals surface area contributed by atoms with E-state index in [0.717, 1.165) is 36.6 Å². The molecule has 3 heterocycles. The lowest BCUT2D eigenvalue weighted by molar-refractivity contribution is 0.0808. The predicted molar refractivity (Wildman–Crippen MR) is 87.8 cm³/mol. The molecule has 0 unspecified atom stereocenters. The van der Waals surface area contributed by atoms with Gasteiger partial charge in [-0.25, -0.2) is 4.98 Å². The number of H-pyrrole nitrogens is 1. The molecule has 3 rings (SSSR count). The molecule has 5 nitrogen and oxygen atoms in total. The van der Waals surface area contributed by atoms with Gasteiger partial charge in [0.2, 0.25) is 0 Å². The van der Waals surface area contributed by atoms with Crippen molar-refractivity contribution in [3.8, 4) is 0 Å². The predicted octanol–water partition coefficient (Wildman–Crippen LogP) is 2.38. The van der Waals surface area contributed by atoms with Crippen LogP contribution in [-0.4, -0.2) is 52.4 Å². The Hall–Kier alpha value is -1.92. The number of rotatable bonds is 5. The van der Waals surface area contributed by atoms with Crippen LogP contribution >= 0.6 is 11.3 Å². The van der Waals surface area contributed by atoms with Gasteiger partial charge in [0.25, 0.3) is 5.91 Å². The number of aromatic nitrogens is 2. The van der Waals surface area contributed by atoms with Gasteiger partial charge in [0, 0.05) is 45.1 Å². The van der Waals surface area contributed by atoms with E-state index in [9.17, 15) is 4.79 Å². The smallest absolute Gasteiger partial charge is 0.263 e. The molecule has 22 heavy (non-hydrogen) atoms. The summed E-state index contributed by atoms with van der Waals surface area (Å²) in [6.07, 6.45) is 6.88. The second-order valence-corrected chi connectivity index (χ2v) is 6.52. The Morgan fingerprint density at radius 1 is 1.55 bits per heavy atom. The van der Waals surface area contributed by atoms with E-state index in [2.05, 4.69) is 20.9 Å². The summed E-state index contributed by atoms with van der Waals surface area (Å²) >= 11 is 1.49. The van der Waals surface area contributed by atoms with Crippen molar-refractivity contribution in [1.29, 1.82) is 0 Å². The van der Waals surface area contributed by atoms with Crippen LogP contribution in [0.25, 0.3) is 0 Å². The third-order valence-corrected chi connectivity index (χ3v) is 4.63. The van der Waals surface area contributed by atoms with Crippen molar-refractivity contribution in [3.63, 3.8) is 0 Å². The van der Waals surface area contributed by atoms with Crippen molar-refractivity contribution in [2.45, 2.75) is 13.0 Å². The van der Waals surface area contributed by atoms with E-state index < -0.39 is 0 Å². The summed E-state index contributed by atoms with van der Waals surface area (Å²) in [5.74, 6) is 0.0987. The van der Waals surface area contributed by atoms with Crippen molar-refractivity contribution < 1.29 is 4.79 Å². The highest BCUT2D eigenvalue weighted by Crippen LogP contribution is 2.16. The van der Waals surface area contributed by atoms with Crippen LogP contribution in [0.2, 0.25) is 0 Å². The van der Waals surface area contributed by atoms with Gasteiger partial charge in [0.05, 0.1) is 11.2 Å². The molecule has 0 radical (unpaired) electrons. The summed E-state index contributed by atoms with van der Waals surface area (Å²) in [5.41, 5.74) is 2.43. The molecule has 1 aliphatic rings. The monoisotopic (exact) mass is 316 g/mol. The van der Waals surface area contributed by atoms with Gasteiger partial charge in [-0.15, -0.1) is 11.3 Å². The minimum atomic E-state index is 0.0987. The zero-order valence-corrected chi connectivity index (χ0v) is 13.5. The van der Waals surface area contributed by atoms with Crippen molar-refractivity contribution in [3.05, 3.63) is 52.3 Å². The van der Waals surface area contributed by atoms with Crippen LogP contribution < -0.4 is 0 Å².